The number of rotatable bonds is 5. The molecule has 0 radical (unpaired) electrons. The Balaban J connectivity index is 1.38. The van der Waals surface area contributed by atoms with Crippen LogP contribution in [-0.2, 0) is 9.59 Å². The summed E-state index contributed by atoms with van der Waals surface area (Å²) in [5, 5.41) is 3.13. The van der Waals surface area contributed by atoms with Crippen LogP contribution in [0.4, 0.5) is 4.39 Å². The predicted octanol–water partition coefficient (Wildman–Crippen LogP) is 2.50. The number of carbonyl (C=O) groups excluding carboxylic acids is 2. The van der Waals surface area contributed by atoms with Crippen molar-refractivity contribution in [1.29, 1.82) is 0 Å². The van der Waals surface area contributed by atoms with Crippen LogP contribution in [0.25, 0.3) is 0 Å². The van der Waals surface area contributed by atoms with Gasteiger partial charge in [-0.05, 0) is 25.0 Å². The second-order valence-corrected chi connectivity index (χ2v) is 6.91. The number of nitrogens with one attached hydrogen (secondary N) is 1. The largest absolute Gasteiger partial charge is 0.481 e. The molecule has 3 rings (SSSR count). The Kier molecular flexibility index (Phi) is 5.89. The van der Waals surface area contributed by atoms with Crippen LogP contribution in [0.2, 0.25) is 0 Å². The average Bonchev–Trinajstić information content (AvgIpc) is 2.81. The first kappa shape index (κ1) is 17.7. The molecule has 0 bridgehead atoms. The van der Waals surface area contributed by atoms with Crippen molar-refractivity contribution in [3.8, 4) is 5.75 Å². The van der Waals surface area contributed by atoms with Crippen LogP contribution >= 0.6 is 0 Å². The standard InChI is InChI=1S/C19H25FN2O3/c20-16-9-5-6-10-17(16)25-13-18(23)22-11-14(12-22)19(24)21-15-7-3-1-2-4-8-15/h5-6,9-10,14-15H,1-4,7-8,11-13H2,(H,21,24). The molecule has 0 aromatic heterocycles. The number of halogens is 1. The van der Waals surface area contributed by atoms with E-state index in [1.165, 1.54) is 37.8 Å². The highest BCUT2D eigenvalue weighted by Crippen LogP contribution is 2.21. The number of hydrogen-bond donors (Lipinski definition) is 1. The first-order valence-electron chi connectivity index (χ1n) is 9.09. The molecule has 1 heterocycles. The lowest BCUT2D eigenvalue weighted by Gasteiger charge is -2.38. The van der Waals surface area contributed by atoms with Gasteiger partial charge in [-0.3, -0.25) is 9.59 Å². The normalized spacial score (nSPS) is 19.0. The molecule has 0 unspecified atom stereocenters. The molecule has 0 atom stereocenters. The van der Waals surface area contributed by atoms with Crippen molar-refractivity contribution in [2.45, 2.75) is 44.6 Å². The maximum Gasteiger partial charge on any atom is 0.260 e. The molecule has 6 heteroatoms. The summed E-state index contributed by atoms with van der Waals surface area (Å²) in [5.41, 5.74) is 0. The lowest BCUT2D eigenvalue weighted by molar-refractivity contribution is -0.144. The molecule has 5 nitrogen and oxygen atoms in total. The fourth-order valence-corrected chi connectivity index (χ4v) is 3.38. The second-order valence-electron chi connectivity index (χ2n) is 6.91. The molecule has 2 fully saturated rings. The summed E-state index contributed by atoms with van der Waals surface area (Å²) in [6.45, 7) is 0.619. The Morgan fingerprint density at radius 2 is 1.80 bits per heavy atom. The third kappa shape index (κ3) is 4.71. The molecular weight excluding hydrogens is 323 g/mol. The smallest absolute Gasteiger partial charge is 0.260 e. The summed E-state index contributed by atoms with van der Waals surface area (Å²) in [5.74, 6) is -0.730. The lowest BCUT2D eigenvalue weighted by Crippen LogP contribution is -2.57. The van der Waals surface area contributed by atoms with Crippen molar-refractivity contribution in [2.24, 2.45) is 5.92 Å². The zero-order chi connectivity index (χ0) is 17.6. The first-order valence-corrected chi connectivity index (χ1v) is 9.09. The maximum atomic E-state index is 13.5. The molecule has 1 aromatic rings. The van der Waals surface area contributed by atoms with Gasteiger partial charge in [0.25, 0.3) is 5.91 Å². The van der Waals surface area contributed by atoms with Gasteiger partial charge in [0.05, 0.1) is 5.92 Å². The van der Waals surface area contributed by atoms with E-state index in [0.717, 1.165) is 12.8 Å². The first-order chi connectivity index (χ1) is 12.1. The third-order valence-electron chi connectivity index (χ3n) is 4.99. The number of hydrogen-bond acceptors (Lipinski definition) is 3. The molecule has 2 aliphatic rings. The number of amides is 2. The van der Waals surface area contributed by atoms with E-state index >= 15 is 0 Å². The maximum absolute atomic E-state index is 13.5. The zero-order valence-corrected chi connectivity index (χ0v) is 14.4. The Labute approximate surface area is 147 Å². The summed E-state index contributed by atoms with van der Waals surface area (Å²) in [6, 6.07) is 6.28. The highest BCUT2D eigenvalue weighted by atomic mass is 19.1. The molecule has 0 spiro atoms. The lowest BCUT2D eigenvalue weighted by atomic mass is 9.98. The van der Waals surface area contributed by atoms with Gasteiger partial charge in [0, 0.05) is 19.1 Å². The van der Waals surface area contributed by atoms with Crippen LogP contribution in [0.5, 0.6) is 5.75 Å². The fourth-order valence-electron chi connectivity index (χ4n) is 3.38. The number of nitrogens with zero attached hydrogens (tertiary/aromatic N) is 1. The Morgan fingerprint density at radius 3 is 2.48 bits per heavy atom. The molecule has 2 amide bonds. The van der Waals surface area contributed by atoms with Crippen LogP contribution in [0.1, 0.15) is 38.5 Å². The van der Waals surface area contributed by atoms with Gasteiger partial charge in [0.15, 0.2) is 18.2 Å². The molecule has 25 heavy (non-hydrogen) atoms. The summed E-state index contributed by atoms with van der Waals surface area (Å²) in [6.07, 6.45) is 6.95. The van der Waals surface area contributed by atoms with Gasteiger partial charge in [0.1, 0.15) is 0 Å². The second kappa shape index (κ2) is 8.32. The molecular formula is C19H25FN2O3. The molecule has 1 aromatic carbocycles. The van der Waals surface area contributed by atoms with E-state index in [1.54, 1.807) is 17.0 Å². The molecule has 136 valence electrons. The average molecular weight is 348 g/mol. The molecule has 1 saturated heterocycles. The van der Waals surface area contributed by atoms with E-state index in [0.29, 0.717) is 13.1 Å². The van der Waals surface area contributed by atoms with Gasteiger partial charge in [-0.2, -0.15) is 0 Å². The SMILES string of the molecule is O=C(NC1CCCCCC1)C1CN(C(=O)COc2ccccc2F)C1. The van der Waals surface area contributed by atoms with E-state index < -0.39 is 5.82 Å². The number of likely N-dealkylation sites (tertiary alicyclic amines) is 1. The van der Waals surface area contributed by atoms with Gasteiger partial charge in [-0.15, -0.1) is 0 Å². The van der Waals surface area contributed by atoms with Crippen molar-refractivity contribution in [3.63, 3.8) is 0 Å². The van der Waals surface area contributed by atoms with Crippen molar-refractivity contribution in [3.05, 3.63) is 30.1 Å². The predicted molar refractivity (Wildman–Crippen MR) is 91.6 cm³/mol. The van der Waals surface area contributed by atoms with Crippen LogP contribution in [0.3, 0.4) is 0 Å². The van der Waals surface area contributed by atoms with Crippen LogP contribution in [0, 0.1) is 11.7 Å². The van der Waals surface area contributed by atoms with Gasteiger partial charge in [-0.1, -0.05) is 37.8 Å². The molecule has 1 aliphatic carbocycles. The molecule has 1 aliphatic heterocycles. The van der Waals surface area contributed by atoms with Crippen LogP contribution in [-0.4, -0.2) is 42.5 Å². The van der Waals surface area contributed by atoms with Gasteiger partial charge < -0.3 is 15.0 Å². The van der Waals surface area contributed by atoms with Gasteiger partial charge >= 0.3 is 0 Å². The summed E-state index contributed by atoms with van der Waals surface area (Å²) in [4.78, 5) is 25.9. The Bertz CT molecular complexity index is 608. The zero-order valence-electron chi connectivity index (χ0n) is 14.4. The summed E-state index contributed by atoms with van der Waals surface area (Å²) >= 11 is 0. The summed E-state index contributed by atoms with van der Waals surface area (Å²) < 4.78 is 18.7. The highest BCUT2D eigenvalue weighted by Gasteiger charge is 2.36. The van der Waals surface area contributed by atoms with Crippen LogP contribution in [0.15, 0.2) is 24.3 Å². The molecule has 1 saturated carbocycles. The van der Waals surface area contributed by atoms with Crippen molar-refractivity contribution in [1.82, 2.24) is 10.2 Å². The quantitative estimate of drug-likeness (QED) is 0.832. The van der Waals surface area contributed by atoms with E-state index in [9.17, 15) is 14.0 Å². The topological polar surface area (TPSA) is 58.6 Å². The summed E-state index contributed by atoms with van der Waals surface area (Å²) in [7, 11) is 0. The minimum atomic E-state index is -0.487. The number of ether oxygens (including phenoxy) is 1. The van der Waals surface area contributed by atoms with E-state index in [2.05, 4.69) is 5.32 Å². The van der Waals surface area contributed by atoms with E-state index in [-0.39, 0.29) is 36.1 Å². The number of benzene rings is 1. The monoisotopic (exact) mass is 348 g/mol. The van der Waals surface area contributed by atoms with Gasteiger partial charge in [-0.25, -0.2) is 4.39 Å². The minimum absolute atomic E-state index is 0.0472. The van der Waals surface area contributed by atoms with Gasteiger partial charge in [0.2, 0.25) is 5.91 Å². The van der Waals surface area contributed by atoms with Crippen molar-refractivity contribution < 1.29 is 18.7 Å². The number of para-hydroxylation sites is 1. The Hall–Kier alpha value is -2.11. The molecule has 1 N–H and O–H groups in total. The Morgan fingerprint density at radius 1 is 1.12 bits per heavy atom. The number of carbonyl (C=O) groups is 2. The third-order valence-corrected chi connectivity index (χ3v) is 4.99. The minimum Gasteiger partial charge on any atom is -0.481 e. The van der Waals surface area contributed by atoms with E-state index in [1.807, 2.05) is 0 Å². The highest BCUT2D eigenvalue weighted by molar-refractivity contribution is 5.85. The van der Waals surface area contributed by atoms with Crippen molar-refractivity contribution >= 4 is 11.8 Å². The van der Waals surface area contributed by atoms with Crippen LogP contribution < -0.4 is 10.1 Å². The fraction of sp³-hybridized carbons (Fsp3) is 0.579. The van der Waals surface area contributed by atoms with Crippen molar-refractivity contribution in [2.75, 3.05) is 19.7 Å². The van der Waals surface area contributed by atoms with E-state index in [4.69, 9.17) is 4.74 Å².